The van der Waals surface area contributed by atoms with Crippen molar-refractivity contribution in [1.82, 2.24) is 10.2 Å². The summed E-state index contributed by atoms with van der Waals surface area (Å²) in [6, 6.07) is 11.1. The van der Waals surface area contributed by atoms with E-state index in [4.69, 9.17) is 0 Å². The number of carbonyl (C=O) groups excluding carboxylic acids is 1. The summed E-state index contributed by atoms with van der Waals surface area (Å²) < 4.78 is 0. The summed E-state index contributed by atoms with van der Waals surface area (Å²) >= 11 is 1.93. The summed E-state index contributed by atoms with van der Waals surface area (Å²) in [5.41, 5.74) is 1.68. The minimum atomic E-state index is -0.818. The topological polar surface area (TPSA) is 56.1 Å². The Labute approximate surface area is 149 Å². The molecule has 4 nitrogen and oxygen atoms in total. The molecular weight excluding hydrogens is 318 g/mol. The molecule has 0 aliphatic carbocycles. The van der Waals surface area contributed by atoms with Gasteiger partial charge in [-0.05, 0) is 25.3 Å². The quantitative estimate of drug-likeness (QED) is 0.891. The van der Waals surface area contributed by atoms with Gasteiger partial charge in [0.2, 0.25) is 5.91 Å². The van der Waals surface area contributed by atoms with Crippen LogP contribution in [0.5, 0.6) is 0 Å². The number of hydrogen-bond donors (Lipinski definition) is 1. The standard InChI is InChI=1S/C19H27N3OS/c1-14(2)19(4,13-20)21-18(23)11-22-9-10-24-12-17(22)16-7-5-15(3)6-8-16/h5-8,14,17H,9-12H2,1-4H3,(H,21,23). The molecule has 1 aromatic carbocycles. The van der Waals surface area contributed by atoms with Gasteiger partial charge in [-0.15, -0.1) is 0 Å². The second-order valence-electron chi connectivity index (χ2n) is 6.99. The molecule has 0 spiro atoms. The van der Waals surface area contributed by atoms with Gasteiger partial charge in [-0.25, -0.2) is 0 Å². The van der Waals surface area contributed by atoms with Gasteiger partial charge in [0, 0.05) is 24.1 Å². The number of amides is 1. The van der Waals surface area contributed by atoms with E-state index in [1.807, 2.05) is 25.6 Å². The van der Waals surface area contributed by atoms with E-state index in [9.17, 15) is 10.1 Å². The molecule has 2 atom stereocenters. The lowest BCUT2D eigenvalue weighted by Gasteiger charge is -2.36. The first-order valence-corrected chi connectivity index (χ1v) is 9.62. The van der Waals surface area contributed by atoms with E-state index in [0.717, 1.165) is 18.1 Å². The first-order valence-electron chi connectivity index (χ1n) is 8.46. The highest BCUT2D eigenvalue weighted by molar-refractivity contribution is 7.99. The molecule has 2 rings (SSSR count). The van der Waals surface area contributed by atoms with Crippen LogP contribution in [-0.2, 0) is 4.79 Å². The fourth-order valence-electron chi connectivity index (χ4n) is 2.74. The van der Waals surface area contributed by atoms with Crippen molar-refractivity contribution >= 4 is 17.7 Å². The second kappa shape index (κ2) is 8.04. The van der Waals surface area contributed by atoms with Gasteiger partial charge in [0.15, 0.2) is 0 Å². The zero-order valence-corrected chi connectivity index (χ0v) is 15.8. The summed E-state index contributed by atoms with van der Waals surface area (Å²) in [7, 11) is 0. The van der Waals surface area contributed by atoms with Crippen molar-refractivity contribution in [1.29, 1.82) is 5.26 Å². The Morgan fingerprint density at radius 1 is 1.46 bits per heavy atom. The predicted octanol–water partition coefficient (Wildman–Crippen LogP) is 3.14. The molecule has 1 aliphatic heterocycles. The predicted molar refractivity (Wildman–Crippen MR) is 99.8 cm³/mol. The van der Waals surface area contributed by atoms with Crippen LogP contribution in [0.3, 0.4) is 0 Å². The molecule has 0 bridgehead atoms. The van der Waals surface area contributed by atoms with Crippen LogP contribution >= 0.6 is 11.8 Å². The number of nitrogens with one attached hydrogen (secondary N) is 1. The molecule has 0 saturated carbocycles. The van der Waals surface area contributed by atoms with Crippen LogP contribution in [0.25, 0.3) is 0 Å². The van der Waals surface area contributed by atoms with E-state index in [1.165, 1.54) is 11.1 Å². The number of carbonyl (C=O) groups is 1. The Bertz CT molecular complexity index is 608. The number of rotatable bonds is 5. The molecule has 1 fully saturated rings. The lowest BCUT2D eigenvalue weighted by molar-refractivity contribution is -0.124. The van der Waals surface area contributed by atoms with Crippen molar-refractivity contribution < 1.29 is 4.79 Å². The molecule has 24 heavy (non-hydrogen) atoms. The summed E-state index contributed by atoms with van der Waals surface area (Å²) in [5, 5.41) is 12.3. The highest BCUT2D eigenvalue weighted by Crippen LogP contribution is 2.29. The first-order chi connectivity index (χ1) is 11.4. The van der Waals surface area contributed by atoms with Crippen LogP contribution in [0.2, 0.25) is 0 Å². The molecule has 1 saturated heterocycles. The highest BCUT2D eigenvalue weighted by Gasteiger charge is 2.32. The zero-order chi connectivity index (χ0) is 17.7. The van der Waals surface area contributed by atoms with E-state index in [2.05, 4.69) is 47.5 Å². The molecule has 1 aliphatic rings. The minimum Gasteiger partial charge on any atom is -0.337 e. The van der Waals surface area contributed by atoms with Crippen molar-refractivity contribution in [2.24, 2.45) is 5.92 Å². The van der Waals surface area contributed by atoms with Crippen LogP contribution in [-0.4, -0.2) is 40.9 Å². The third-order valence-electron chi connectivity index (χ3n) is 4.83. The average molecular weight is 346 g/mol. The Balaban J connectivity index is 2.07. The Kier molecular flexibility index (Phi) is 6.31. The Hall–Kier alpha value is -1.51. The molecular formula is C19H27N3OS. The van der Waals surface area contributed by atoms with Gasteiger partial charge in [-0.1, -0.05) is 43.7 Å². The van der Waals surface area contributed by atoms with Crippen LogP contribution in [0.15, 0.2) is 24.3 Å². The summed E-state index contributed by atoms with van der Waals surface area (Å²) in [6.07, 6.45) is 0. The van der Waals surface area contributed by atoms with Gasteiger partial charge in [-0.3, -0.25) is 9.69 Å². The molecule has 0 aromatic heterocycles. The van der Waals surface area contributed by atoms with Crippen LogP contribution < -0.4 is 5.32 Å². The van der Waals surface area contributed by atoms with E-state index in [0.29, 0.717) is 6.54 Å². The number of thioether (sulfide) groups is 1. The van der Waals surface area contributed by atoms with Gasteiger partial charge in [0.25, 0.3) is 0 Å². The van der Waals surface area contributed by atoms with E-state index < -0.39 is 5.54 Å². The minimum absolute atomic E-state index is 0.0660. The van der Waals surface area contributed by atoms with Crippen molar-refractivity contribution in [3.8, 4) is 6.07 Å². The molecule has 2 unspecified atom stereocenters. The maximum Gasteiger partial charge on any atom is 0.235 e. The molecule has 1 N–H and O–H groups in total. The van der Waals surface area contributed by atoms with E-state index in [1.54, 1.807) is 6.92 Å². The number of hydrogen-bond acceptors (Lipinski definition) is 4. The maximum absolute atomic E-state index is 12.5. The molecule has 5 heteroatoms. The summed E-state index contributed by atoms with van der Waals surface area (Å²) in [4.78, 5) is 14.7. The monoisotopic (exact) mass is 345 g/mol. The third-order valence-corrected chi connectivity index (χ3v) is 5.86. The second-order valence-corrected chi connectivity index (χ2v) is 8.14. The Morgan fingerprint density at radius 3 is 2.71 bits per heavy atom. The zero-order valence-electron chi connectivity index (χ0n) is 15.0. The summed E-state index contributed by atoms with van der Waals surface area (Å²) in [5.74, 6) is 2.03. The van der Waals surface area contributed by atoms with Crippen LogP contribution in [0.1, 0.15) is 37.9 Å². The lowest BCUT2D eigenvalue weighted by Crippen LogP contribution is -2.52. The van der Waals surface area contributed by atoms with Gasteiger partial charge < -0.3 is 5.32 Å². The number of benzene rings is 1. The smallest absolute Gasteiger partial charge is 0.235 e. The third kappa shape index (κ3) is 4.52. The van der Waals surface area contributed by atoms with Gasteiger partial charge in [0.1, 0.15) is 5.54 Å². The Morgan fingerprint density at radius 2 is 2.12 bits per heavy atom. The van der Waals surface area contributed by atoms with Gasteiger partial charge in [0.05, 0.1) is 12.6 Å². The lowest BCUT2D eigenvalue weighted by atomic mass is 9.90. The van der Waals surface area contributed by atoms with E-state index in [-0.39, 0.29) is 17.9 Å². The largest absolute Gasteiger partial charge is 0.337 e. The van der Waals surface area contributed by atoms with Crippen molar-refractivity contribution in [2.75, 3.05) is 24.6 Å². The van der Waals surface area contributed by atoms with Crippen LogP contribution in [0.4, 0.5) is 0 Å². The highest BCUT2D eigenvalue weighted by atomic mass is 32.2. The number of nitriles is 1. The van der Waals surface area contributed by atoms with Crippen molar-refractivity contribution in [3.05, 3.63) is 35.4 Å². The van der Waals surface area contributed by atoms with Gasteiger partial charge in [-0.2, -0.15) is 17.0 Å². The molecule has 0 radical (unpaired) electrons. The average Bonchev–Trinajstić information content (AvgIpc) is 2.56. The molecule has 130 valence electrons. The maximum atomic E-state index is 12.5. The molecule has 1 heterocycles. The molecule has 1 amide bonds. The summed E-state index contributed by atoms with van der Waals surface area (Å²) in [6.45, 7) is 9.01. The van der Waals surface area contributed by atoms with Crippen LogP contribution in [0, 0.1) is 24.2 Å². The fourth-order valence-corrected chi connectivity index (χ4v) is 3.89. The first kappa shape index (κ1) is 18.8. The number of aryl methyl sites for hydroxylation is 1. The normalized spacial score (nSPS) is 21.1. The molecule has 1 aromatic rings. The number of nitrogens with zero attached hydrogens (tertiary/aromatic N) is 2. The SMILES string of the molecule is Cc1ccc(C2CSCCN2CC(=O)NC(C)(C#N)C(C)C)cc1. The fraction of sp³-hybridized carbons (Fsp3) is 0.579. The van der Waals surface area contributed by atoms with E-state index >= 15 is 0 Å². The van der Waals surface area contributed by atoms with Crippen molar-refractivity contribution in [2.45, 2.75) is 39.3 Å². The van der Waals surface area contributed by atoms with Gasteiger partial charge >= 0.3 is 0 Å². The van der Waals surface area contributed by atoms with Crippen molar-refractivity contribution in [3.63, 3.8) is 0 Å².